The van der Waals surface area contributed by atoms with E-state index in [1.807, 2.05) is 12.4 Å². The zero-order valence-corrected chi connectivity index (χ0v) is 36.7. The van der Waals surface area contributed by atoms with Gasteiger partial charge in [-0.25, -0.2) is 28.1 Å². The van der Waals surface area contributed by atoms with Crippen molar-refractivity contribution in [2.45, 2.75) is 78.1 Å². The Bertz CT molecular complexity index is 2090. The first-order valence-corrected chi connectivity index (χ1v) is 21.4. The molecule has 4 rings (SSSR count). The van der Waals surface area contributed by atoms with Crippen molar-refractivity contribution in [3.05, 3.63) is 84.3 Å². The van der Waals surface area contributed by atoms with Crippen molar-refractivity contribution in [3.8, 4) is 34.1 Å². The van der Waals surface area contributed by atoms with E-state index in [0.29, 0.717) is 40.6 Å². The van der Waals surface area contributed by atoms with Gasteiger partial charge in [0.15, 0.2) is 11.5 Å². The van der Waals surface area contributed by atoms with Crippen molar-refractivity contribution in [2.24, 2.45) is 11.8 Å². The van der Waals surface area contributed by atoms with Crippen LogP contribution in [0.3, 0.4) is 0 Å². The van der Waals surface area contributed by atoms with Crippen LogP contribution in [0.25, 0.3) is 22.6 Å². The Morgan fingerprint density at radius 1 is 0.667 bits per heavy atom. The van der Waals surface area contributed by atoms with Crippen LogP contribution < -0.4 is 36.2 Å². The SMILES string of the molecule is CCCCC[C@H](CN(O)C=O)C(=O)NCNC(=O)c1ccc(-c2cccc(OCC(F)F)c2)o1.CCCCC[C@H](CNO)C(=O)NCNC(=O)c1ccc(-c2cccc(OCC(F)F)c2)o1. The molecule has 0 aliphatic heterocycles. The third kappa shape index (κ3) is 19.7. The lowest BCUT2D eigenvalue weighted by Crippen LogP contribution is -2.42. The number of benzene rings is 2. The molecule has 0 spiro atoms. The highest BCUT2D eigenvalue weighted by Crippen LogP contribution is 2.27. The van der Waals surface area contributed by atoms with E-state index in [1.54, 1.807) is 42.5 Å². The maximum Gasteiger partial charge on any atom is 0.288 e. The number of nitrogens with one attached hydrogen (secondary N) is 5. The van der Waals surface area contributed by atoms with Crippen molar-refractivity contribution in [1.29, 1.82) is 0 Å². The topological polar surface area (TPSA) is 234 Å². The van der Waals surface area contributed by atoms with E-state index >= 15 is 0 Å². The van der Waals surface area contributed by atoms with E-state index in [0.717, 1.165) is 38.5 Å². The van der Waals surface area contributed by atoms with E-state index in [4.69, 9.17) is 23.5 Å². The second-order valence-corrected chi connectivity index (χ2v) is 14.7. The van der Waals surface area contributed by atoms with Gasteiger partial charge in [0.05, 0.1) is 31.7 Å². The quantitative estimate of drug-likeness (QED) is 0.00728. The van der Waals surface area contributed by atoms with Gasteiger partial charge < -0.3 is 44.8 Å². The predicted octanol–water partition coefficient (Wildman–Crippen LogP) is 7.01. The molecule has 0 radical (unpaired) electrons. The van der Waals surface area contributed by atoms with Crippen molar-refractivity contribution in [2.75, 3.05) is 39.6 Å². The molecule has 7 N–H and O–H groups in total. The number of hydrogen-bond donors (Lipinski definition) is 7. The Labute approximate surface area is 379 Å². The van der Waals surface area contributed by atoms with Crippen LogP contribution in [0.5, 0.6) is 11.5 Å². The molecule has 2 heterocycles. The summed E-state index contributed by atoms with van der Waals surface area (Å²) in [7, 11) is 0. The van der Waals surface area contributed by atoms with Gasteiger partial charge in [-0.2, -0.15) is 0 Å². The normalized spacial score (nSPS) is 11.8. The number of nitrogens with zero attached hydrogens (tertiary/aromatic N) is 1. The minimum absolute atomic E-state index is 0.00913. The summed E-state index contributed by atoms with van der Waals surface area (Å²) in [6, 6.07) is 18.8. The van der Waals surface area contributed by atoms with Gasteiger partial charge in [0, 0.05) is 17.7 Å². The number of amides is 5. The molecule has 66 heavy (non-hydrogen) atoms. The van der Waals surface area contributed by atoms with E-state index in [9.17, 15) is 46.7 Å². The summed E-state index contributed by atoms with van der Waals surface area (Å²) in [5.74, 6) is -1.56. The Morgan fingerprint density at radius 3 is 1.55 bits per heavy atom. The lowest BCUT2D eigenvalue weighted by Gasteiger charge is -2.19. The molecule has 21 heteroatoms. The molecular formula is C45H58F4N6O11. The molecule has 17 nitrogen and oxygen atoms in total. The number of alkyl halides is 4. The first kappa shape index (κ1) is 53.9. The molecule has 0 fully saturated rings. The lowest BCUT2D eigenvalue weighted by molar-refractivity contribution is -0.154. The highest BCUT2D eigenvalue weighted by molar-refractivity contribution is 5.93. The number of ether oxygens (including phenoxy) is 2. The van der Waals surface area contributed by atoms with Crippen LogP contribution in [0.15, 0.2) is 81.6 Å². The number of carbonyl (C=O) groups is 5. The fourth-order valence-electron chi connectivity index (χ4n) is 6.20. The molecule has 0 bridgehead atoms. The van der Waals surface area contributed by atoms with Crippen molar-refractivity contribution >= 4 is 30.0 Å². The molecule has 0 saturated heterocycles. The molecule has 4 aromatic rings. The summed E-state index contributed by atoms with van der Waals surface area (Å²) in [4.78, 5) is 60.0. The molecule has 0 aliphatic carbocycles. The van der Waals surface area contributed by atoms with Gasteiger partial charge in [0.25, 0.3) is 24.7 Å². The Morgan fingerprint density at radius 2 is 1.12 bits per heavy atom. The van der Waals surface area contributed by atoms with E-state index in [2.05, 4.69) is 28.2 Å². The lowest BCUT2D eigenvalue weighted by atomic mass is 10.0. The Kier molecular flexibility index (Phi) is 24.4. The minimum Gasteiger partial charge on any atom is -0.488 e. The van der Waals surface area contributed by atoms with Crippen LogP contribution in [0, 0.1) is 11.8 Å². The number of hydroxylamine groups is 3. The summed E-state index contributed by atoms with van der Waals surface area (Å²) in [5.41, 5.74) is 3.13. The van der Waals surface area contributed by atoms with Gasteiger partial charge in [0.1, 0.15) is 36.2 Å². The second-order valence-electron chi connectivity index (χ2n) is 14.7. The van der Waals surface area contributed by atoms with Crippen molar-refractivity contribution in [3.63, 3.8) is 0 Å². The molecule has 5 amide bonds. The fraction of sp³-hybridized carbons (Fsp3) is 0.444. The van der Waals surface area contributed by atoms with Crippen molar-refractivity contribution < 1.29 is 70.3 Å². The number of furan rings is 2. The summed E-state index contributed by atoms with van der Waals surface area (Å²) >= 11 is 0. The Hall–Kier alpha value is -6.45. The third-order valence-corrected chi connectivity index (χ3v) is 9.59. The predicted molar refractivity (Wildman–Crippen MR) is 232 cm³/mol. The van der Waals surface area contributed by atoms with Crippen LogP contribution in [0.2, 0.25) is 0 Å². The van der Waals surface area contributed by atoms with E-state index in [-0.39, 0.29) is 61.8 Å². The smallest absolute Gasteiger partial charge is 0.288 e. The largest absolute Gasteiger partial charge is 0.488 e. The van der Waals surface area contributed by atoms with Gasteiger partial charge in [-0.05, 0) is 61.4 Å². The van der Waals surface area contributed by atoms with Crippen LogP contribution >= 0.6 is 0 Å². The van der Waals surface area contributed by atoms with Gasteiger partial charge >= 0.3 is 0 Å². The maximum atomic E-state index is 12.4. The molecule has 0 unspecified atom stereocenters. The van der Waals surface area contributed by atoms with Crippen LogP contribution in [-0.4, -0.2) is 98.0 Å². The zero-order valence-electron chi connectivity index (χ0n) is 36.7. The molecule has 362 valence electrons. The number of carbonyl (C=O) groups excluding carboxylic acids is 5. The van der Waals surface area contributed by atoms with Gasteiger partial charge in [0.2, 0.25) is 18.2 Å². The summed E-state index contributed by atoms with van der Waals surface area (Å²) < 4.78 is 70.4. The first-order valence-electron chi connectivity index (χ1n) is 21.4. The van der Waals surface area contributed by atoms with Gasteiger partial charge in [-0.3, -0.25) is 29.2 Å². The third-order valence-electron chi connectivity index (χ3n) is 9.59. The Balaban J connectivity index is 0.000000351. The fourth-order valence-corrected chi connectivity index (χ4v) is 6.20. The minimum atomic E-state index is -2.60. The first-order chi connectivity index (χ1) is 31.8. The number of hydrogen-bond acceptors (Lipinski definition) is 12. The standard InChI is InChI=1S/C23H29F2N3O6.C22H29F2N3O5/c1-2-3-4-6-17(12-28(32)15-29)22(30)26-14-27-23(31)20-10-9-19(34-20)16-7-5-8-18(11-16)33-13-21(24)25;1-2-3-4-6-16(12-27-30)21(28)25-14-26-22(29)19-10-9-18(32-19)15-7-5-8-17(11-15)31-13-20(23)24/h5,7-11,15,17,21,32H,2-4,6,12-14H2,1H3,(H,26,30)(H,27,31);5,7-11,16,20,27,30H,2-4,6,12-14H2,1H3,(H,25,28)(H,26,29)/t17-;16-/m11/s1. The average molecular weight is 935 g/mol. The average Bonchev–Trinajstić information content (AvgIpc) is 4.02. The number of halogens is 4. The van der Waals surface area contributed by atoms with Crippen LogP contribution in [0.1, 0.15) is 86.3 Å². The highest BCUT2D eigenvalue weighted by Gasteiger charge is 2.22. The molecule has 2 atom stereocenters. The van der Waals surface area contributed by atoms with Gasteiger partial charge in [-0.15, -0.1) is 0 Å². The molecule has 0 saturated carbocycles. The maximum absolute atomic E-state index is 12.4. The van der Waals surface area contributed by atoms with E-state index in [1.165, 1.54) is 30.3 Å². The summed E-state index contributed by atoms with van der Waals surface area (Å²) in [6.45, 7) is 2.35. The molecule has 2 aromatic carbocycles. The van der Waals surface area contributed by atoms with Crippen LogP contribution in [-0.2, 0) is 14.4 Å². The molecule has 2 aromatic heterocycles. The summed E-state index contributed by atoms with van der Waals surface area (Å²) in [5, 5.41) is 29.0. The number of rotatable bonds is 29. The van der Waals surface area contributed by atoms with Gasteiger partial charge in [-0.1, -0.05) is 76.6 Å². The zero-order chi connectivity index (χ0) is 48.3. The second kappa shape index (κ2) is 29.9. The highest BCUT2D eigenvalue weighted by atomic mass is 19.3. The van der Waals surface area contributed by atoms with E-state index < -0.39 is 55.6 Å². The summed E-state index contributed by atoms with van der Waals surface area (Å²) in [6.07, 6.45) is 1.69. The monoisotopic (exact) mass is 934 g/mol. The molecular weight excluding hydrogens is 877 g/mol. The number of unbranched alkanes of at least 4 members (excludes halogenated alkanes) is 4. The van der Waals surface area contributed by atoms with Crippen molar-refractivity contribution in [1.82, 2.24) is 31.8 Å². The molecule has 0 aliphatic rings. The van der Waals surface area contributed by atoms with Crippen LogP contribution in [0.4, 0.5) is 17.6 Å².